The standard InChI is InChI=1S/C15H16O2S/c1-2-14(15(16)17)18-10-11-7-8-12-5-3-4-6-13(12)9-11/h3-9,14H,2,10H2,1H3,(H,16,17). The van der Waals surface area contributed by atoms with Crippen LogP contribution in [-0.4, -0.2) is 16.3 Å². The first-order valence-corrected chi connectivity index (χ1v) is 7.07. The Morgan fingerprint density at radius 2 is 1.94 bits per heavy atom. The molecule has 2 aromatic carbocycles. The molecule has 0 saturated heterocycles. The van der Waals surface area contributed by atoms with Crippen LogP contribution in [0, 0.1) is 0 Å². The number of rotatable bonds is 5. The van der Waals surface area contributed by atoms with E-state index in [4.69, 9.17) is 5.11 Å². The highest BCUT2D eigenvalue weighted by Gasteiger charge is 2.15. The Bertz CT molecular complexity index is 551. The lowest BCUT2D eigenvalue weighted by Gasteiger charge is -2.09. The number of carboxylic acids is 1. The summed E-state index contributed by atoms with van der Waals surface area (Å²) in [6, 6.07) is 14.5. The highest BCUT2D eigenvalue weighted by Crippen LogP contribution is 2.23. The molecule has 2 aromatic rings. The zero-order valence-electron chi connectivity index (χ0n) is 10.3. The topological polar surface area (TPSA) is 37.3 Å². The van der Waals surface area contributed by atoms with Crippen LogP contribution in [0.15, 0.2) is 42.5 Å². The molecule has 94 valence electrons. The van der Waals surface area contributed by atoms with E-state index in [1.165, 1.54) is 28.1 Å². The monoisotopic (exact) mass is 260 g/mol. The minimum Gasteiger partial charge on any atom is -0.480 e. The highest BCUT2D eigenvalue weighted by atomic mass is 32.2. The lowest BCUT2D eigenvalue weighted by Crippen LogP contribution is -2.14. The van der Waals surface area contributed by atoms with Gasteiger partial charge >= 0.3 is 5.97 Å². The van der Waals surface area contributed by atoms with Crippen LogP contribution in [-0.2, 0) is 10.5 Å². The summed E-state index contributed by atoms with van der Waals surface area (Å²) < 4.78 is 0. The summed E-state index contributed by atoms with van der Waals surface area (Å²) in [7, 11) is 0. The maximum atomic E-state index is 10.9. The van der Waals surface area contributed by atoms with Gasteiger partial charge in [-0.05, 0) is 22.8 Å². The Morgan fingerprint density at radius 3 is 2.61 bits per heavy atom. The number of carboxylic acid groups (broad SMARTS) is 1. The second-order valence-corrected chi connectivity index (χ2v) is 5.42. The molecule has 0 saturated carbocycles. The molecule has 1 N–H and O–H groups in total. The maximum absolute atomic E-state index is 10.9. The van der Waals surface area contributed by atoms with Crippen LogP contribution in [0.2, 0.25) is 0 Å². The SMILES string of the molecule is CCC(SCc1ccc2ccccc2c1)C(=O)O. The van der Waals surface area contributed by atoms with Crippen molar-refractivity contribution in [3.63, 3.8) is 0 Å². The Morgan fingerprint density at radius 1 is 1.22 bits per heavy atom. The van der Waals surface area contributed by atoms with Gasteiger partial charge in [0.15, 0.2) is 0 Å². The molecule has 0 spiro atoms. The lowest BCUT2D eigenvalue weighted by atomic mass is 10.1. The fraction of sp³-hybridized carbons (Fsp3) is 0.267. The number of carbonyl (C=O) groups is 1. The smallest absolute Gasteiger partial charge is 0.316 e. The molecule has 0 heterocycles. The average molecular weight is 260 g/mol. The van der Waals surface area contributed by atoms with Gasteiger partial charge in [-0.25, -0.2) is 0 Å². The molecule has 3 heteroatoms. The summed E-state index contributed by atoms with van der Waals surface area (Å²) >= 11 is 1.49. The number of hydrogen-bond acceptors (Lipinski definition) is 2. The number of aliphatic carboxylic acids is 1. The van der Waals surface area contributed by atoms with Crippen molar-refractivity contribution in [3.05, 3.63) is 48.0 Å². The van der Waals surface area contributed by atoms with E-state index in [1.54, 1.807) is 0 Å². The van der Waals surface area contributed by atoms with Gasteiger partial charge in [0.2, 0.25) is 0 Å². The van der Waals surface area contributed by atoms with Crippen molar-refractivity contribution in [2.24, 2.45) is 0 Å². The molecule has 0 amide bonds. The predicted octanol–water partition coefficient (Wildman–Crippen LogP) is 3.94. The zero-order chi connectivity index (χ0) is 13.0. The quantitative estimate of drug-likeness (QED) is 0.884. The first kappa shape index (κ1) is 13.0. The van der Waals surface area contributed by atoms with Crippen molar-refractivity contribution in [2.75, 3.05) is 0 Å². The summed E-state index contributed by atoms with van der Waals surface area (Å²) in [5.41, 5.74) is 1.18. The fourth-order valence-corrected chi connectivity index (χ4v) is 2.84. The molecule has 0 aliphatic heterocycles. The number of hydrogen-bond donors (Lipinski definition) is 1. The summed E-state index contributed by atoms with van der Waals surface area (Å²) in [5.74, 6) is 0.0265. The summed E-state index contributed by atoms with van der Waals surface area (Å²) in [6.07, 6.45) is 0.660. The zero-order valence-corrected chi connectivity index (χ0v) is 11.1. The molecule has 0 aromatic heterocycles. The molecule has 0 aliphatic carbocycles. The third-order valence-electron chi connectivity index (χ3n) is 2.91. The van der Waals surface area contributed by atoms with Crippen molar-refractivity contribution in [2.45, 2.75) is 24.3 Å². The molecular formula is C15H16O2S. The summed E-state index contributed by atoms with van der Waals surface area (Å²) in [6.45, 7) is 1.91. The summed E-state index contributed by atoms with van der Waals surface area (Å²) in [5, 5.41) is 11.1. The van der Waals surface area contributed by atoms with Crippen molar-refractivity contribution in [1.29, 1.82) is 0 Å². The van der Waals surface area contributed by atoms with Crippen molar-refractivity contribution < 1.29 is 9.90 Å². The second-order valence-electron chi connectivity index (χ2n) is 4.23. The van der Waals surface area contributed by atoms with Crippen LogP contribution in [0.5, 0.6) is 0 Å². The van der Waals surface area contributed by atoms with E-state index in [0.29, 0.717) is 6.42 Å². The van der Waals surface area contributed by atoms with E-state index in [2.05, 4.69) is 30.3 Å². The molecule has 18 heavy (non-hydrogen) atoms. The summed E-state index contributed by atoms with van der Waals surface area (Å²) in [4.78, 5) is 10.9. The van der Waals surface area contributed by atoms with Gasteiger partial charge in [-0.2, -0.15) is 0 Å². The van der Waals surface area contributed by atoms with Crippen LogP contribution >= 0.6 is 11.8 Å². The van der Waals surface area contributed by atoms with E-state index >= 15 is 0 Å². The normalized spacial score (nSPS) is 12.5. The molecule has 0 fully saturated rings. The van der Waals surface area contributed by atoms with Gasteiger partial charge in [-0.15, -0.1) is 11.8 Å². The van der Waals surface area contributed by atoms with E-state index < -0.39 is 5.97 Å². The third kappa shape index (κ3) is 3.05. The first-order valence-electron chi connectivity index (χ1n) is 6.03. The Labute approximate surface area is 111 Å². The van der Waals surface area contributed by atoms with Gasteiger partial charge in [0.25, 0.3) is 0 Å². The Kier molecular flexibility index (Phi) is 4.26. The van der Waals surface area contributed by atoms with Crippen molar-refractivity contribution in [3.8, 4) is 0 Å². The van der Waals surface area contributed by atoms with Gasteiger partial charge in [0.05, 0.1) is 0 Å². The largest absolute Gasteiger partial charge is 0.480 e. The molecule has 0 aliphatic rings. The second kappa shape index (κ2) is 5.91. The molecule has 1 unspecified atom stereocenters. The van der Waals surface area contributed by atoms with Gasteiger partial charge < -0.3 is 5.11 Å². The van der Waals surface area contributed by atoms with Crippen molar-refractivity contribution >= 4 is 28.5 Å². The highest BCUT2D eigenvalue weighted by molar-refractivity contribution is 7.99. The van der Waals surface area contributed by atoms with Gasteiger partial charge in [-0.1, -0.05) is 49.4 Å². The van der Waals surface area contributed by atoms with E-state index in [1.807, 2.05) is 19.1 Å². The molecular weight excluding hydrogens is 244 g/mol. The van der Waals surface area contributed by atoms with Crippen LogP contribution in [0.3, 0.4) is 0 Å². The van der Waals surface area contributed by atoms with E-state index in [-0.39, 0.29) is 5.25 Å². The van der Waals surface area contributed by atoms with Crippen LogP contribution in [0.1, 0.15) is 18.9 Å². The first-order chi connectivity index (χ1) is 8.70. The fourth-order valence-electron chi connectivity index (χ4n) is 1.89. The van der Waals surface area contributed by atoms with Gasteiger partial charge in [0.1, 0.15) is 5.25 Å². The molecule has 0 bridgehead atoms. The van der Waals surface area contributed by atoms with Gasteiger partial charge in [-0.3, -0.25) is 4.79 Å². The number of thioether (sulfide) groups is 1. The van der Waals surface area contributed by atoms with Crippen molar-refractivity contribution in [1.82, 2.24) is 0 Å². The molecule has 2 nitrogen and oxygen atoms in total. The van der Waals surface area contributed by atoms with E-state index in [0.717, 1.165) is 5.75 Å². The number of fused-ring (bicyclic) bond motifs is 1. The maximum Gasteiger partial charge on any atom is 0.316 e. The molecule has 0 radical (unpaired) electrons. The van der Waals surface area contributed by atoms with E-state index in [9.17, 15) is 4.79 Å². The van der Waals surface area contributed by atoms with Crippen LogP contribution in [0.25, 0.3) is 10.8 Å². The predicted molar refractivity (Wildman–Crippen MR) is 77.0 cm³/mol. The third-order valence-corrected chi connectivity index (χ3v) is 4.35. The minimum absolute atomic E-state index is 0.309. The lowest BCUT2D eigenvalue weighted by molar-refractivity contribution is -0.136. The van der Waals surface area contributed by atoms with Crippen LogP contribution < -0.4 is 0 Å². The van der Waals surface area contributed by atoms with Gasteiger partial charge in [0, 0.05) is 5.75 Å². The van der Waals surface area contributed by atoms with Crippen LogP contribution in [0.4, 0.5) is 0 Å². The Hall–Kier alpha value is -1.48. The minimum atomic E-state index is -0.719. The number of benzene rings is 2. The average Bonchev–Trinajstić information content (AvgIpc) is 2.39. The molecule has 2 rings (SSSR count). The molecule has 1 atom stereocenters. The Balaban J connectivity index is 2.10.